The molecule has 1 rings (SSSR count). The smallest absolute Gasteiger partial charge is 0.0406 e. The van der Waals surface area contributed by atoms with Gasteiger partial charge in [0.05, 0.1) is 0 Å². The van der Waals surface area contributed by atoms with Gasteiger partial charge >= 0.3 is 0 Å². The van der Waals surface area contributed by atoms with Crippen LogP contribution in [-0.2, 0) is 0 Å². The van der Waals surface area contributed by atoms with Gasteiger partial charge in [-0.2, -0.15) is 0 Å². The summed E-state index contributed by atoms with van der Waals surface area (Å²) in [5.41, 5.74) is 1.59. The predicted octanol–water partition coefficient (Wildman–Crippen LogP) is 4.89. The zero-order valence-corrected chi connectivity index (χ0v) is 15.0. The van der Waals surface area contributed by atoms with Crippen molar-refractivity contribution in [3.63, 3.8) is 0 Å². The van der Waals surface area contributed by atoms with Gasteiger partial charge in [-0.25, -0.2) is 0 Å². The highest BCUT2D eigenvalue weighted by molar-refractivity contribution is 6.30. The second-order valence-electron chi connectivity index (χ2n) is 6.43. The Labute approximate surface area is 135 Å². The Balaban J connectivity index is 2.68. The maximum Gasteiger partial charge on any atom is 0.0406 e. The molecule has 2 nitrogen and oxygen atoms in total. The summed E-state index contributed by atoms with van der Waals surface area (Å²) in [4.78, 5) is 2.46. The molecule has 3 heteroatoms. The third-order valence-corrected chi connectivity index (χ3v) is 4.82. The molecule has 0 saturated heterocycles. The molecule has 120 valence electrons. The summed E-state index contributed by atoms with van der Waals surface area (Å²) in [5.74, 6) is 0. The number of nitrogens with zero attached hydrogens (tertiary/aromatic N) is 1. The van der Waals surface area contributed by atoms with Gasteiger partial charge in [0, 0.05) is 23.1 Å². The van der Waals surface area contributed by atoms with Crippen LogP contribution in [0.2, 0.25) is 5.02 Å². The van der Waals surface area contributed by atoms with E-state index >= 15 is 0 Å². The Morgan fingerprint density at radius 1 is 1.19 bits per heavy atom. The van der Waals surface area contributed by atoms with Gasteiger partial charge in [-0.05, 0) is 64.4 Å². The highest BCUT2D eigenvalue weighted by atomic mass is 35.5. The van der Waals surface area contributed by atoms with Gasteiger partial charge in [-0.1, -0.05) is 37.6 Å². The number of nitrogens with one attached hydrogen (secondary N) is 1. The van der Waals surface area contributed by atoms with Crippen molar-refractivity contribution < 1.29 is 0 Å². The van der Waals surface area contributed by atoms with Crippen LogP contribution in [0.4, 0.5) is 0 Å². The molecular formula is C18H31ClN2. The van der Waals surface area contributed by atoms with E-state index in [0.717, 1.165) is 37.4 Å². The van der Waals surface area contributed by atoms with E-state index in [9.17, 15) is 0 Å². The molecule has 0 spiro atoms. The Hall–Kier alpha value is -0.570. The minimum Gasteiger partial charge on any atom is -0.310 e. The van der Waals surface area contributed by atoms with Crippen molar-refractivity contribution in [1.29, 1.82) is 0 Å². The van der Waals surface area contributed by atoms with Crippen molar-refractivity contribution in [1.82, 2.24) is 10.2 Å². The van der Waals surface area contributed by atoms with E-state index in [-0.39, 0.29) is 5.54 Å². The van der Waals surface area contributed by atoms with Crippen molar-refractivity contribution >= 4 is 11.6 Å². The van der Waals surface area contributed by atoms with Gasteiger partial charge in [0.25, 0.3) is 0 Å². The Morgan fingerprint density at radius 2 is 1.81 bits per heavy atom. The number of hydrogen-bond acceptors (Lipinski definition) is 2. The lowest BCUT2D eigenvalue weighted by Crippen LogP contribution is -2.42. The minimum absolute atomic E-state index is 0.259. The van der Waals surface area contributed by atoms with E-state index in [1.54, 1.807) is 0 Å². The molecule has 0 aliphatic rings. The summed E-state index contributed by atoms with van der Waals surface area (Å²) in [6.45, 7) is 11.2. The first-order chi connectivity index (χ1) is 9.90. The second-order valence-corrected chi connectivity index (χ2v) is 6.87. The first-order valence-corrected chi connectivity index (χ1v) is 8.48. The molecule has 0 saturated carbocycles. The number of benzene rings is 1. The van der Waals surface area contributed by atoms with Crippen molar-refractivity contribution in [3.8, 4) is 0 Å². The summed E-state index contributed by atoms with van der Waals surface area (Å²) in [5, 5.41) is 4.46. The van der Waals surface area contributed by atoms with Gasteiger partial charge in [0.2, 0.25) is 0 Å². The van der Waals surface area contributed by atoms with Crippen LogP contribution in [0.1, 0.15) is 58.6 Å². The molecule has 0 fully saturated rings. The molecule has 1 N–H and O–H groups in total. The van der Waals surface area contributed by atoms with Gasteiger partial charge in [0.1, 0.15) is 0 Å². The Kier molecular flexibility index (Phi) is 7.72. The van der Waals surface area contributed by atoms with Crippen molar-refractivity contribution in [2.24, 2.45) is 0 Å². The highest BCUT2D eigenvalue weighted by Gasteiger charge is 2.22. The van der Waals surface area contributed by atoms with Gasteiger partial charge in [-0.15, -0.1) is 0 Å². The lowest BCUT2D eigenvalue weighted by atomic mass is 9.98. The van der Waals surface area contributed by atoms with Crippen molar-refractivity contribution in [3.05, 3.63) is 34.9 Å². The molecule has 0 amide bonds. The van der Waals surface area contributed by atoms with E-state index in [1.807, 2.05) is 12.1 Å². The average Bonchev–Trinajstić information content (AvgIpc) is 2.48. The van der Waals surface area contributed by atoms with Crippen LogP contribution in [0, 0.1) is 0 Å². The number of halogens is 1. The van der Waals surface area contributed by atoms with Gasteiger partial charge in [-0.3, -0.25) is 0 Å². The molecule has 1 aromatic carbocycles. The van der Waals surface area contributed by atoms with E-state index in [4.69, 9.17) is 11.6 Å². The Morgan fingerprint density at radius 3 is 2.33 bits per heavy atom. The maximum absolute atomic E-state index is 6.00. The summed E-state index contributed by atoms with van der Waals surface area (Å²) in [7, 11) is 2.22. The number of rotatable bonds is 9. The Bertz CT molecular complexity index is 400. The van der Waals surface area contributed by atoms with E-state index in [0.29, 0.717) is 6.04 Å². The third-order valence-electron chi connectivity index (χ3n) is 4.56. The minimum atomic E-state index is 0.259. The molecule has 0 radical (unpaired) electrons. The molecule has 0 aromatic heterocycles. The first kappa shape index (κ1) is 18.5. The van der Waals surface area contributed by atoms with Gasteiger partial charge in [0.15, 0.2) is 0 Å². The largest absolute Gasteiger partial charge is 0.310 e. The van der Waals surface area contributed by atoms with E-state index in [1.165, 1.54) is 5.56 Å². The van der Waals surface area contributed by atoms with Crippen molar-refractivity contribution in [2.75, 3.05) is 20.1 Å². The standard InChI is InChI=1S/C18H31ClN2/c1-6-13-20-17(15-8-10-16(19)11-9-15)12-14-21(5)18(3,4)7-2/h8-11,17,20H,6-7,12-14H2,1-5H3. The molecule has 1 unspecified atom stereocenters. The molecular weight excluding hydrogens is 280 g/mol. The fourth-order valence-corrected chi connectivity index (χ4v) is 2.42. The zero-order valence-electron chi connectivity index (χ0n) is 14.2. The second kappa shape index (κ2) is 8.77. The molecule has 1 aromatic rings. The molecule has 21 heavy (non-hydrogen) atoms. The molecule has 1 atom stereocenters. The van der Waals surface area contributed by atoms with E-state index in [2.05, 4.69) is 57.1 Å². The van der Waals surface area contributed by atoms with Crippen LogP contribution < -0.4 is 5.32 Å². The fourth-order valence-electron chi connectivity index (χ4n) is 2.30. The number of hydrogen-bond donors (Lipinski definition) is 1. The summed E-state index contributed by atoms with van der Waals surface area (Å²) < 4.78 is 0. The van der Waals surface area contributed by atoms with Crippen LogP contribution in [0.25, 0.3) is 0 Å². The quantitative estimate of drug-likeness (QED) is 0.698. The molecule has 0 aliphatic carbocycles. The summed E-state index contributed by atoms with van der Waals surface area (Å²) in [6.07, 6.45) is 3.43. The monoisotopic (exact) mass is 310 g/mol. The predicted molar refractivity (Wildman–Crippen MR) is 94.1 cm³/mol. The lowest BCUT2D eigenvalue weighted by Gasteiger charge is -2.36. The van der Waals surface area contributed by atoms with Crippen LogP contribution in [0.15, 0.2) is 24.3 Å². The fraction of sp³-hybridized carbons (Fsp3) is 0.667. The summed E-state index contributed by atoms with van der Waals surface area (Å²) in [6, 6.07) is 8.65. The van der Waals surface area contributed by atoms with Crippen LogP contribution in [0.5, 0.6) is 0 Å². The third kappa shape index (κ3) is 5.98. The van der Waals surface area contributed by atoms with Crippen LogP contribution >= 0.6 is 11.6 Å². The van der Waals surface area contributed by atoms with Gasteiger partial charge < -0.3 is 10.2 Å². The molecule has 0 aliphatic heterocycles. The normalized spacial score (nSPS) is 13.7. The SMILES string of the molecule is CCCNC(CCN(C)C(C)(C)CC)c1ccc(Cl)cc1. The molecule has 0 heterocycles. The average molecular weight is 311 g/mol. The highest BCUT2D eigenvalue weighted by Crippen LogP contribution is 2.22. The van der Waals surface area contributed by atoms with E-state index < -0.39 is 0 Å². The topological polar surface area (TPSA) is 15.3 Å². The molecule has 0 bridgehead atoms. The van der Waals surface area contributed by atoms with Crippen LogP contribution in [0.3, 0.4) is 0 Å². The first-order valence-electron chi connectivity index (χ1n) is 8.10. The lowest BCUT2D eigenvalue weighted by molar-refractivity contribution is 0.144. The summed E-state index contributed by atoms with van der Waals surface area (Å²) >= 11 is 6.00. The maximum atomic E-state index is 6.00. The van der Waals surface area contributed by atoms with Crippen LogP contribution in [-0.4, -0.2) is 30.6 Å². The van der Waals surface area contributed by atoms with Crippen molar-refractivity contribution in [2.45, 2.75) is 58.5 Å². The zero-order chi connectivity index (χ0) is 15.9.